The Balaban J connectivity index is 1.82. The molecule has 1 fully saturated rings. The van der Waals surface area contributed by atoms with Crippen LogP contribution in [0.2, 0.25) is 0 Å². The zero-order chi connectivity index (χ0) is 13.2. The monoisotopic (exact) mass is 319 g/mol. The van der Waals surface area contributed by atoms with Gasteiger partial charge in [-0.15, -0.1) is 0 Å². The predicted molar refractivity (Wildman–Crippen MR) is 79.4 cm³/mol. The van der Waals surface area contributed by atoms with Gasteiger partial charge in [0.05, 0.1) is 0 Å². The van der Waals surface area contributed by atoms with Crippen molar-refractivity contribution in [2.24, 2.45) is 0 Å². The van der Waals surface area contributed by atoms with E-state index in [4.69, 9.17) is 0 Å². The molecule has 19 heavy (non-hydrogen) atoms. The van der Waals surface area contributed by atoms with E-state index >= 15 is 0 Å². The highest BCUT2D eigenvalue weighted by atomic mass is 79.9. The van der Waals surface area contributed by atoms with Crippen molar-refractivity contribution in [1.82, 2.24) is 5.32 Å². The Kier molecular flexibility index (Phi) is 3.67. The van der Waals surface area contributed by atoms with Crippen LogP contribution in [0.25, 0.3) is 11.1 Å². The largest absolute Gasteiger partial charge is 0.310 e. The number of hydrogen-bond donors (Lipinski definition) is 1. The maximum Gasteiger partial charge on any atom is 0.131 e. The van der Waals surface area contributed by atoms with Crippen molar-refractivity contribution in [3.05, 3.63) is 58.3 Å². The first-order chi connectivity index (χ1) is 9.22. The van der Waals surface area contributed by atoms with Crippen LogP contribution in [0.15, 0.2) is 46.9 Å². The fraction of sp³-hybridized carbons (Fsp3) is 0.250. The third kappa shape index (κ3) is 3.23. The molecule has 0 spiro atoms. The zero-order valence-electron chi connectivity index (χ0n) is 10.5. The second kappa shape index (κ2) is 5.43. The highest BCUT2D eigenvalue weighted by Gasteiger charge is 2.20. The number of nitrogens with one attached hydrogen (secondary N) is 1. The Morgan fingerprint density at radius 2 is 2.00 bits per heavy atom. The summed E-state index contributed by atoms with van der Waals surface area (Å²) in [6.45, 7) is 0.750. The summed E-state index contributed by atoms with van der Waals surface area (Å²) in [4.78, 5) is 0. The van der Waals surface area contributed by atoms with Gasteiger partial charge >= 0.3 is 0 Å². The lowest BCUT2D eigenvalue weighted by Gasteiger charge is -2.08. The van der Waals surface area contributed by atoms with Crippen LogP contribution in [0.3, 0.4) is 0 Å². The summed E-state index contributed by atoms with van der Waals surface area (Å²) in [6, 6.07) is 13.8. The molecule has 1 nitrogen and oxygen atoms in total. The molecule has 0 saturated heterocycles. The predicted octanol–water partition coefficient (Wildman–Crippen LogP) is 4.51. The molecule has 0 bridgehead atoms. The highest BCUT2D eigenvalue weighted by molar-refractivity contribution is 9.10. The quantitative estimate of drug-likeness (QED) is 0.874. The van der Waals surface area contributed by atoms with Crippen LogP contribution in [-0.2, 0) is 6.54 Å². The molecule has 0 amide bonds. The van der Waals surface area contributed by atoms with Gasteiger partial charge in [0.15, 0.2) is 0 Å². The summed E-state index contributed by atoms with van der Waals surface area (Å²) in [6.07, 6.45) is 2.50. The number of rotatable bonds is 4. The van der Waals surface area contributed by atoms with E-state index in [1.54, 1.807) is 6.07 Å². The standard InChI is InChI=1S/C16H15BrFN/c17-13-3-1-2-12(9-13)15-7-4-11(8-16(15)18)10-19-14-5-6-14/h1-4,7-9,14,19H,5-6,10H2. The normalized spacial score (nSPS) is 14.6. The van der Waals surface area contributed by atoms with Crippen LogP contribution < -0.4 is 5.32 Å². The van der Waals surface area contributed by atoms with Crippen molar-refractivity contribution in [2.45, 2.75) is 25.4 Å². The Morgan fingerprint density at radius 1 is 1.16 bits per heavy atom. The molecule has 1 N–H and O–H groups in total. The molecule has 3 heteroatoms. The van der Waals surface area contributed by atoms with E-state index in [0.717, 1.165) is 22.1 Å². The number of hydrogen-bond acceptors (Lipinski definition) is 1. The van der Waals surface area contributed by atoms with Gasteiger partial charge in [-0.05, 0) is 42.2 Å². The minimum atomic E-state index is -0.159. The van der Waals surface area contributed by atoms with Crippen molar-refractivity contribution in [3.8, 4) is 11.1 Å². The molecule has 0 aliphatic heterocycles. The van der Waals surface area contributed by atoms with E-state index in [2.05, 4.69) is 21.2 Å². The molecule has 0 unspecified atom stereocenters. The van der Waals surface area contributed by atoms with Crippen LogP contribution in [0.5, 0.6) is 0 Å². The van der Waals surface area contributed by atoms with E-state index in [-0.39, 0.29) is 5.82 Å². The van der Waals surface area contributed by atoms with Crippen LogP contribution in [0.4, 0.5) is 4.39 Å². The first-order valence-corrected chi connectivity index (χ1v) is 7.29. The lowest BCUT2D eigenvalue weighted by molar-refractivity contribution is 0.623. The maximum absolute atomic E-state index is 14.2. The molecule has 0 radical (unpaired) electrons. The Labute approximate surface area is 121 Å². The molecule has 0 heterocycles. The van der Waals surface area contributed by atoms with Crippen molar-refractivity contribution in [1.29, 1.82) is 0 Å². The fourth-order valence-corrected chi connectivity index (χ4v) is 2.51. The smallest absolute Gasteiger partial charge is 0.131 e. The van der Waals surface area contributed by atoms with E-state index < -0.39 is 0 Å². The van der Waals surface area contributed by atoms with Gasteiger partial charge in [-0.3, -0.25) is 0 Å². The zero-order valence-corrected chi connectivity index (χ0v) is 12.1. The third-order valence-electron chi connectivity index (χ3n) is 3.34. The number of halogens is 2. The van der Waals surface area contributed by atoms with Gasteiger partial charge in [0.2, 0.25) is 0 Å². The minimum Gasteiger partial charge on any atom is -0.310 e. The third-order valence-corrected chi connectivity index (χ3v) is 3.83. The molecule has 0 aromatic heterocycles. The Morgan fingerprint density at radius 3 is 2.68 bits per heavy atom. The molecule has 2 aromatic rings. The minimum absolute atomic E-state index is 0.159. The lowest BCUT2D eigenvalue weighted by Crippen LogP contribution is -2.15. The second-order valence-electron chi connectivity index (χ2n) is 4.98. The van der Waals surface area contributed by atoms with Crippen LogP contribution in [0, 0.1) is 5.82 Å². The Bertz CT molecular complexity index is 593. The molecular formula is C16H15BrFN. The number of benzene rings is 2. The van der Waals surface area contributed by atoms with Crippen LogP contribution in [-0.4, -0.2) is 6.04 Å². The van der Waals surface area contributed by atoms with Crippen LogP contribution >= 0.6 is 15.9 Å². The molecule has 1 aliphatic carbocycles. The summed E-state index contributed by atoms with van der Waals surface area (Å²) in [7, 11) is 0. The molecule has 1 saturated carbocycles. The van der Waals surface area contributed by atoms with Gasteiger partial charge in [0, 0.05) is 22.6 Å². The van der Waals surface area contributed by atoms with Crippen LogP contribution in [0.1, 0.15) is 18.4 Å². The van der Waals surface area contributed by atoms with Gasteiger partial charge in [-0.2, -0.15) is 0 Å². The van der Waals surface area contributed by atoms with Crippen molar-refractivity contribution in [3.63, 3.8) is 0 Å². The van der Waals surface area contributed by atoms with E-state index in [9.17, 15) is 4.39 Å². The second-order valence-corrected chi connectivity index (χ2v) is 5.90. The summed E-state index contributed by atoms with van der Waals surface area (Å²) in [5.41, 5.74) is 2.55. The molecule has 2 aromatic carbocycles. The molecule has 0 atom stereocenters. The summed E-state index contributed by atoms with van der Waals surface area (Å²) >= 11 is 3.41. The van der Waals surface area contributed by atoms with Gasteiger partial charge in [0.25, 0.3) is 0 Å². The SMILES string of the molecule is Fc1cc(CNC2CC2)ccc1-c1cccc(Br)c1. The van der Waals surface area contributed by atoms with E-state index in [1.165, 1.54) is 12.8 Å². The average Bonchev–Trinajstić information content (AvgIpc) is 3.20. The lowest BCUT2D eigenvalue weighted by atomic mass is 10.0. The molecule has 98 valence electrons. The molecule has 3 rings (SSSR count). The summed E-state index contributed by atoms with van der Waals surface area (Å²) in [5.74, 6) is -0.159. The molecular weight excluding hydrogens is 305 g/mol. The highest BCUT2D eigenvalue weighted by Crippen LogP contribution is 2.26. The first-order valence-electron chi connectivity index (χ1n) is 6.50. The van der Waals surface area contributed by atoms with Crippen molar-refractivity contribution < 1.29 is 4.39 Å². The van der Waals surface area contributed by atoms with Crippen molar-refractivity contribution >= 4 is 15.9 Å². The summed E-state index contributed by atoms with van der Waals surface area (Å²) < 4.78 is 15.1. The van der Waals surface area contributed by atoms with Gasteiger partial charge < -0.3 is 5.32 Å². The van der Waals surface area contributed by atoms with E-state index in [0.29, 0.717) is 11.6 Å². The average molecular weight is 320 g/mol. The fourth-order valence-electron chi connectivity index (χ4n) is 2.11. The van der Waals surface area contributed by atoms with Gasteiger partial charge in [0.1, 0.15) is 5.82 Å². The van der Waals surface area contributed by atoms with Crippen molar-refractivity contribution in [2.75, 3.05) is 0 Å². The first kappa shape index (κ1) is 12.8. The van der Waals surface area contributed by atoms with E-state index in [1.807, 2.05) is 36.4 Å². The molecule has 1 aliphatic rings. The summed E-state index contributed by atoms with van der Waals surface area (Å²) in [5, 5.41) is 3.39. The topological polar surface area (TPSA) is 12.0 Å². The van der Waals surface area contributed by atoms with Gasteiger partial charge in [-0.1, -0.05) is 40.2 Å². The maximum atomic E-state index is 14.2. The van der Waals surface area contributed by atoms with Gasteiger partial charge in [-0.25, -0.2) is 4.39 Å². The Hall–Kier alpha value is -1.19.